The van der Waals surface area contributed by atoms with Gasteiger partial charge in [-0.1, -0.05) is 11.6 Å². The number of benzene rings is 1. The Balaban J connectivity index is 2.47. The van der Waals surface area contributed by atoms with Crippen LogP contribution in [-0.2, 0) is 6.54 Å². The lowest BCUT2D eigenvalue weighted by Gasteiger charge is -2.04. The van der Waals surface area contributed by atoms with Gasteiger partial charge < -0.3 is 10.1 Å². The van der Waals surface area contributed by atoms with E-state index in [1.54, 1.807) is 7.11 Å². The summed E-state index contributed by atoms with van der Waals surface area (Å²) in [4.78, 5) is 0. The quantitative estimate of drug-likeness (QED) is 0.886. The van der Waals surface area contributed by atoms with Gasteiger partial charge in [-0.2, -0.15) is 5.10 Å². The number of rotatable bonds is 4. The Bertz CT molecular complexity index is 495. The molecule has 0 bridgehead atoms. The van der Waals surface area contributed by atoms with E-state index in [2.05, 4.69) is 10.4 Å². The molecule has 0 spiro atoms. The van der Waals surface area contributed by atoms with Crippen molar-refractivity contribution >= 4 is 22.5 Å². The molecule has 5 heteroatoms. The van der Waals surface area contributed by atoms with Crippen LogP contribution in [-0.4, -0.2) is 30.5 Å². The van der Waals surface area contributed by atoms with E-state index in [4.69, 9.17) is 16.3 Å². The number of nitrogens with zero attached hydrogens (tertiary/aromatic N) is 2. The van der Waals surface area contributed by atoms with Gasteiger partial charge in [-0.05, 0) is 19.2 Å². The molecular formula is C11H14ClN3O. The fourth-order valence-electron chi connectivity index (χ4n) is 1.63. The van der Waals surface area contributed by atoms with Crippen LogP contribution in [0.1, 0.15) is 0 Å². The maximum absolute atomic E-state index is 6.06. The average Bonchev–Trinajstić information content (AvgIpc) is 2.63. The molecule has 4 nitrogen and oxygen atoms in total. The van der Waals surface area contributed by atoms with Crippen molar-refractivity contribution in [1.82, 2.24) is 15.1 Å². The first-order valence-electron chi connectivity index (χ1n) is 5.11. The number of ether oxygens (including phenoxy) is 1. The van der Waals surface area contributed by atoms with Crippen LogP contribution in [0, 0.1) is 0 Å². The van der Waals surface area contributed by atoms with Gasteiger partial charge in [-0.3, -0.25) is 4.68 Å². The van der Waals surface area contributed by atoms with Gasteiger partial charge in [0, 0.05) is 18.0 Å². The normalized spacial score (nSPS) is 10.9. The average molecular weight is 240 g/mol. The van der Waals surface area contributed by atoms with Crippen LogP contribution in [0.2, 0.25) is 5.15 Å². The molecule has 1 N–H and O–H groups in total. The van der Waals surface area contributed by atoms with Crippen molar-refractivity contribution in [3.8, 4) is 5.75 Å². The van der Waals surface area contributed by atoms with E-state index in [9.17, 15) is 0 Å². The molecule has 0 aliphatic carbocycles. The van der Waals surface area contributed by atoms with Gasteiger partial charge in [0.1, 0.15) is 5.75 Å². The third-order valence-corrected chi connectivity index (χ3v) is 2.77. The minimum Gasteiger partial charge on any atom is -0.497 e. The summed E-state index contributed by atoms with van der Waals surface area (Å²) in [6.45, 7) is 1.64. The molecule has 0 saturated carbocycles. The summed E-state index contributed by atoms with van der Waals surface area (Å²) >= 11 is 6.06. The number of halogens is 1. The minimum absolute atomic E-state index is 0.536. The SMILES string of the molecule is CNCCn1nc(Cl)c2ccc(OC)cc21. The molecule has 0 unspecified atom stereocenters. The highest BCUT2D eigenvalue weighted by Crippen LogP contribution is 2.26. The largest absolute Gasteiger partial charge is 0.497 e. The van der Waals surface area contributed by atoms with Crippen LogP contribution in [0.4, 0.5) is 0 Å². The highest BCUT2D eigenvalue weighted by atomic mass is 35.5. The zero-order valence-electron chi connectivity index (χ0n) is 9.33. The summed E-state index contributed by atoms with van der Waals surface area (Å²) in [6, 6.07) is 5.77. The Kier molecular flexibility index (Phi) is 3.31. The Morgan fingerprint density at radius 1 is 1.50 bits per heavy atom. The number of aromatic nitrogens is 2. The van der Waals surface area contributed by atoms with Crippen LogP contribution in [0.15, 0.2) is 18.2 Å². The molecule has 86 valence electrons. The summed E-state index contributed by atoms with van der Waals surface area (Å²) in [5.41, 5.74) is 1.000. The van der Waals surface area contributed by atoms with Gasteiger partial charge >= 0.3 is 0 Å². The number of likely N-dealkylation sites (N-methyl/N-ethyl adjacent to an activating group) is 1. The summed E-state index contributed by atoms with van der Waals surface area (Å²) < 4.78 is 7.08. The smallest absolute Gasteiger partial charge is 0.158 e. The van der Waals surface area contributed by atoms with Gasteiger partial charge in [0.15, 0.2) is 5.15 Å². The molecule has 2 aromatic rings. The molecule has 1 aromatic heterocycles. The predicted octanol–water partition coefficient (Wildman–Crippen LogP) is 1.92. The second-order valence-electron chi connectivity index (χ2n) is 3.50. The summed E-state index contributed by atoms with van der Waals surface area (Å²) in [6.07, 6.45) is 0. The second kappa shape index (κ2) is 4.72. The van der Waals surface area contributed by atoms with Crippen LogP contribution in [0.5, 0.6) is 5.75 Å². The van der Waals surface area contributed by atoms with E-state index < -0.39 is 0 Å². The van der Waals surface area contributed by atoms with Gasteiger partial charge in [0.05, 0.1) is 19.2 Å². The Hall–Kier alpha value is -1.26. The number of nitrogens with one attached hydrogen (secondary N) is 1. The first-order chi connectivity index (χ1) is 7.76. The lowest BCUT2D eigenvalue weighted by Crippen LogP contribution is -2.15. The van der Waals surface area contributed by atoms with Crippen LogP contribution in [0.25, 0.3) is 10.9 Å². The summed E-state index contributed by atoms with van der Waals surface area (Å²) in [5.74, 6) is 0.815. The van der Waals surface area contributed by atoms with Gasteiger partial charge in [0.2, 0.25) is 0 Å². The maximum atomic E-state index is 6.06. The van der Waals surface area contributed by atoms with Crippen LogP contribution >= 0.6 is 11.6 Å². The molecule has 2 rings (SSSR count). The third-order valence-electron chi connectivity index (χ3n) is 2.49. The highest BCUT2D eigenvalue weighted by Gasteiger charge is 2.09. The molecular weight excluding hydrogens is 226 g/mol. The molecule has 0 atom stereocenters. The molecule has 1 aromatic carbocycles. The van der Waals surface area contributed by atoms with Crippen LogP contribution in [0.3, 0.4) is 0 Å². The molecule has 0 fully saturated rings. The van der Waals surface area contributed by atoms with Crippen molar-refractivity contribution in [2.45, 2.75) is 6.54 Å². The van der Waals surface area contributed by atoms with Crippen molar-refractivity contribution in [2.75, 3.05) is 20.7 Å². The Morgan fingerprint density at radius 3 is 3.00 bits per heavy atom. The first kappa shape index (κ1) is 11.2. The van der Waals surface area contributed by atoms with E-state index in [0.29, 0.717) is 5.15 Å². The van der Waals surface area contributed by atoms with E-state index >= 15 is 0 Å². The number of hydrogen-bond acceptors (Lipinski definition) is 3. The van der Waals surface area contributed by atoms with Gasteiger partial charge in [0.25, 0.3) is 0 Å². The zero-order chi connectivity index (χ0) is 11.5. The van der Waals surface area contributed by atoms with E-state index in [0.717, 1.165) is 29.7 Å². The standard InChI is InChI=1S/C11H14ClN3O/c1-13-5-6-15-10-7-8(16-2)3-4-9(10)11(12)14-15/h3-4,7,13H,5-6H2,1-2H3. The van der Waals surface area contributed by atoms with E-state index in [1.165, 1.54) is 0 Å². The molecule has 1 heterocycles. The minimum atomic E-state index is 0.536. The summed E-state index contributed by atoms with van der Waals surface area (Å²) in [7, 11) is 3.56. The lowest BCUT2D eigenvalue weighted by atomic mass is 10.2. The number of methoxy groups -OCH3 is 1. The van der Waals surface area contributed by atoms with Crippen molar-refractivity contribution in [1.29, 1.82) is 0 Å². The Morgan fingerprint density at radius 2 is 2.31 bits per heavy atom. The highest BCUT2D eigenvalue weighted by molar-refractivity contribution is 6.34. The molecule has 0 radical (unpaired) electrons. The predicted molar refractivity (Wildman–Crippen MR) is 65.2 cm³/mol. The lowest BCUT2D eigenvalue weighted by molar-refractivity contribution is 0.415. The monoisotopic (exact) mass is 239 g/mol. The Labute approximate surface area is 99.1 Å². The van der Waals surface area contributed by atoms with Crippen molar-refractivity contribution in [3.63, 3.8) is 0 Å². The molecule has 0 aliphatic heterocycles. The third kappa shape index (κ3) is 1.99. The van der Waals surface area contributed by atoms with Gasteiger partial charge in [-0.15, -0.1) is 0 Å². The first-order valence-corrected chi connectivity index (χ1v) is 5.48. The fourth-order valence-corrected chi connectivity index (χ4v) is 1.88. The second-order valence-corrected chi connectivity index (χ2v) is 3.86. The zero-order valence-corrected chi connectivity index (χ0v) is 10.1. The van der Waals surface area contributed by atoms with Crippen molar-refractivity contribution in [2.24, 2.45) is 0 Å². The molecule has 0 aliphatic rings. The van der Waals surface area contributed by atoms with Crippen molar-refractivity contribution in [3.05, 3.63) is 23.4 Å². The van der Waals surface area contributed by atoms with E-state index in [1.807, 2.05) is 29.9 Å². The molecule has 0 amide bonds. The fraction of sp³-hybridized carbons (Fsp3) is 0.364. The van der Waals surface area contributed by atoms with Crippen molar-refractivity contribution < 1.29 is 4.74 Å². The summed E-state index contributed by atoms with van der Waals surface area (Å²) in [5, 5.41) is 8.87. The number of fused-ring (bicyclic) bond motifs is 1. The van der Waals surface area contributed by atoms with E-state index in [-0.39, 0.29) is 0 Å². The molecule has 0 saturated heterocycles. The van der Waals surface area contributed by atoms with Crippen LogP contribution < -0.4 is 10.1 Å². The van der Waals surface area contributed by atoms with Gasteiger partial charge in [-0.25, -0.2) is 0 Å². The molecule has 16 heavy (non-hydrogen) atoms. The topological polar surface area (TPSA) is 39.1 Å². The number of hydrogen-bond donors (Lipinski definition) is 1. The maximum Gasteiger partial charge on any atom is 0.158 e.